The number of hydrogen-bond acceptors (Lipinski definition) is 2. The summed E-state index contributed by atoms with van der Waals surface area (Å²) in [4.78, 5) is 0. The van der Waals surface area contributed by atoms with E-state index >= 15 is 0 Å². The second-order valence-corrected chi connectivity index (χ2v) is 6.18. The fourth-order valence-corrected chi connectivity index (χ4v) is 2.76. The Labute approximate surface area is 127 Å². The summed E-state index contributed by atoms with van der Waals surface area (Å²) in [7, 11) is 0. The minimum Gasteiger partial charge on any atom is -0.457 e. The maximum Gasteiger partial charge on any atom is 0.230 e. The zero-order valence-corrected chi connectivity index (χ0v) is 13.1. The maximum absolute atomic E-state index is 5.62. The number of rotatable bonds is 0. The Morgan fingerprint density at radius 1 is 0.765 bits per heavy atom. The molecular weight excluding hydrogens is 442 g/mol. The predicted molar refractivity (Wildman–Crippen MR) is 83.4 cm³/mol. The summed E-state index contributed by atoms with van der Waals surface area (Å²) in [6, 6.07) is 12.4. The van der Waals surface area contributed by atoms with Crippen LogP contribution in [0.4, 0.5) is 0 Å². The van der Waals surface area contributed by atoms with Crippen molar-refractivity contribution < 1.29 is 9.47 Å². The zero-order valence-electron chi connectivity index (χ0n) is 8.74. The summed E-state index contributed by atoms with van der Waals surface area (Å²) >= 11 is 4.56. The highest BCUT2D eigenvalue weighted by Crippen LogP contribution is 2.39. The van der Waals surface area contributed by atoms with E-state index in [0.29, 0.717) is 0 Å². The lowest BCUT2D eigenvalue weighted by Gasteiger charge is -2.07. The van der Waals surface area contributed by atoms with Crippen LogP contribution >= 0.6 is 45.2 Å². The lowest BCUT2D eigenvalue weighted by atomic mass is 10.0. The van der Waals surface area contributed by atoms with Gasteiger partial charge in [-0.2, -0.15) is 0 Å². The van der Waals surface area contributed by atoms with Crippen molar-refractivity contribution in [3.05, 3.63) is 43.5 Å². The number of ether oxygens (including phenoxy) is 2. The SMILES string of the molecule is Ic1ccc2c(c1)OCOc1cc(I)ccc1-2. The fourth-order valence-electron chi connectivity index (χ4n) is 1.83. The van der Waals surface area contributed by atoms with Crippen LogP contribution in [-0.4, -0.2) is 6.79 Å². The normalized spacial score (nSPS) is 12.8. The van der Waals surface area contributed by atoms with Crippen molar-refractivity contribution in [1.82, 2.24) is 0 Å². The van der Waals surface area contributed by atoms with Gasteiger partial charge in [-0.15, -0.1) is 0 Å². The third-order valence-electron chi connectivity index (χ3n) is 2.61. The van der Waals surface area contributed by atoms with E-state index in [-0.39, 0.29) is 6.79 Å². The highest BCUT2D eigenvalue weighted by Gasteiger charge is 2.16. The summed E-state index contributed by atoms with van der Waals surface area (Å²) < 4.78 is 13.6. The van der Waals surface area contributed by atoms with Gasteiger partial charge in [-0.3, -0.25) is 0 Å². The molecule has 0 N–H and O–H groups in total. The molecule has 0 saturated heterocycles. The summed E-state index contributed by atoms with van der Waals surface area (Å²) in [6.45, 7) is 0.264. The average Bonchev–Trinajstić information content (AvgIpc) is 2.47. The Balaban J connectivity index is 2.24. The molecule has 1 heterocycles. The van der Waals surface area contributed by atoms with Crippen LogP contribution in [0.15, 0.2) is 36.4 Å². The molecule has 0 spiro atoms. The topological polar surface area (TPSA) is 18.5 Å². The van der Waals surface area contributed by atoms with Crippen LogP contribution in [0.3, 0.4) is 0 Å². The van der Waals surface area contributed by atoms with E-state index in [1.807, 2.05) is 12.1 Å². The molecule has 0 bridgehead atoms. The molecule has 0 radical (unpaired) electrons. The van der Waals surface area contributed by atoms with Crippen molar-refractivity contribution >= 4 is 45.2 Å². The summed E-state index contributed by atoms with van der Waals surface area (Å²) in [5, 5.41) is 0. The highest BCUT2D eigenvalue weighted by atomic mass is 127. The van der Waals surface area contributed by atoms with Gasteiger partial charge >= 0.3 is 0 Å². The Morgan fingerprint density at radius 3 is 1.71 bits per heavy atom. The standard InChI is InChI=1S/C13H8I2O2/c14-8-1-3-10-11-4-2-9(15)6-13(11)17-7-16-12(10)5-8/h1-6H,7H2. The van der Waals surface area contributed by atoms with Gasteiger partial charge in [0, 0.05) is 18.3 Å². The lowest BCUT2D eigenvalue weighted by molar-refractivity contribution is 0.124. The van der Waals surface area contributed by atoms with Gasteiger partial charge in [0.05, 0.1) is 0 Å². The number of hydrogen-bond donors (Lipinski definition) is 0. The van der Waals surface area contributed by atoms with Crippen molar-refractivity contribution in [3.8, 4) is 22.6 Å². The Hall–Kier alpha value is -0.500. The van der Waals surface area contributed by atoms with Gasteiger partial charge in [0.15, 0.2) is 0 Å². The van der Waals surface area contributed by atoms with Gasteiger partial charge in [0.2, 0.25) is 6.79 Å². The van der Waals surface area contributed by atoms with Crippen molar-refractivity contribution in [1.29, 1.82) is 0 Å². The number of benzene rings is 2. The summed E-state index contributed by atoms with van der Waals surface area (Å²) in [5.41, 5.74) is 2.18. The van der Waals surface area contributed by atoms with Gasteiger partial charge in [-0.25, -0.2) is 0 Å². The Morgan fingerprint density at radius 2 is 1.24 bits per heavy atom. The Kier molecular flexibility index (Phi) is 3.16. The average molecular weight is 450 g/mol. The van der Waals surface area contributed by atoms with Crippen LogP contribution in [-0.2, 0) is 0 Å². The predicted octanol–water partition coefficient (Wildman–Crippen LogP) is 4.29. The molecule has 2 nitrogen and oxygen atoms in total. The molecular formula is C13H8I2O2. The smallest absolute Gasteiger partial charge is 0.230 e. The first-order chi connectivity index (χ1) is 8.24. The molecule has 17 heavy (non-hydrogen) atoms. The number of halogens is 2. The van der Waals surface area contributed by atoms with E-state index in [9.17, 15) is 0 Å². The summed E-state index contributed by atoms with van der Waals surface area (Å²) in [6.07, 6.45) is 0. The second kappa shape index (κ2) is 4.64. The zero-order chi connectivity index (χ0) is 11.8. The van der Waals surface area contributed by atoms with Gasteiger partial charge < -0.3 is 9.47 Å². The molecule has 0 fully saturated rings. The molecule has 0 saturated carbocycles. The largest absolute Gasteiger partial charge is 0.457 e. The first-order valence-corrected chi connectivity index (χ1v) is 7.25. The van der Waals surface area contributed by atoms with Gasteiger partial charge in [-0.1, -0.05) is 0 Å². The minimum atomic E-state index is 0.264. The van der Waals surface area contributed by atoms with E-state index in [1.165, 1.54) is 0 Å². The molecule has 86 valence electrons. The first kappa shape index (κ1) is 11.6. The van der Waals surface area contributed by atoms with Crippen molar-refractivity contribution in [2.45, 2.75) is 0 Å². The fraction of sp³-hybridized carbons (Fsp3) is 0.0769. The van der Waals surface area contributed by atoms with Crippen LogP contribution in [0.1, 0.15) is 0 Å². The third kappa shape index (κ3) is 2.24. The van der Waals surface area contributed by atoms with Crippen LogP contribution in [0.25, 0.3) is 11.1 Å². The van der Waals surface area contributed by atoms with Crippen LogP contribution < -0.4 is 9.47 Å². The first-order valence-electron chi connectivity index (χ1n) is 5.09. The lowest BCUT2D eigenvalue weighted by Crippen LogP contribution is -2.03. The van der Waals surface area contributed by atoms with Crippen LogP contribution in [0.5, 0.6) is 11.5 Å². The third-order valence-corrected chi connectivity index (χ3v) is 3.95. The molecule has 3 rings (SSSR count). The molecule has 2 aromatic rings. The van der Waals surface area contributed by atoms with Crippen LogP contribution in [0.2, 0.25) is 0 Å². The molecule has 1 aliphatic rings. The summed E-state index contributed by atoms with van der Waals surface area (Å²) in [5.74, 6) is 1.77. The molecule has 0 aromatic heterocycles. The van der Waals surface area contributed by atoms with E-state index in [4.69, 9.17) is 9.47 Å². The quantitative estimate of drug-likeness (QED) is 0.558. The Bertz CT molecular complexity index is 530. The molecule has 0 unspecified atom stereocenters. The van der Waals surface area contributed by atoms with E-state index in [2.05, 4.69) is 69.4 Å². The van der Waals surface area contributed by atoms with Crippen molar-refractivity contribution in [2.75, 3.05) is 6.79 Å². The molecule has 0 amide bonds. The highest BCUT2D eigenvalue weighted by molar-refractivity contribution is 14.1. The van der Waals surface area contributed by atoms with E-state index in [0.717, 1.165) is 29.8 Å². The van der Waals surface area contributed by atoms with Gasteiger partial charge in [0.1, 0.15) is 11.5 Å². The number of fused-ring (bicyclic) bond motifs is 3. The van der Waals surface area contributed by atoms with E-state index < -0.39 is 0 Å². The van der Waals surface area contributed by atoms with Crippen molar-refractivity contribution in [2.24, 2.45) is 0 Å². The van der Waals surface area contributed by atoms with Gasteiger partial charge in [-0.05, 0) is 81.6 Å². The second-order valence-electron chi connectivity index (χ2n) is 3.69. The molecule has 0 aliphatic carbocycles. The van der Waals surface area contributed by atoms with Crippen LogP contribution in [0, 0.1) is 7.14 Å². The van der Waals surface area contributed by atoms with E-state index in [1.54, 1.807) is 0 Å². The van der Waals surface area contributed by atoms with Crippen molar-refractivity contribution in [3.63, 3.8) is 0 Å². The molecule has 4 heteroatoms. The maximum atomic E-state index is 5.62. The molecule has 2 aromatic carbocycles. The monoisotopic (exact) mass is 450 g/mol. The molecule has 0 atom stereocenters. The molecule has 1 aliphatic heterocycles. The van der Waals surface area contributed by atoms with Gasteiger partial charge in [0.25, 0.3) is 0 Å². The minimum absolute atomic E-state index is 0.264.